The largest absolute Gasteiger partial charge is 0.481 e. The predicted molar refractivity (Wildman–Crippen MR) is 51.8 cm³/mol. The Kier molecular flexibility index (Phi) is 4.60. The molecule has 1 atom stereocenters. The Bertz CT molecular complexity index is 222. The van der Waals surface area contributed by atoms with Crippen molar-refractivity contribution in [2.45, 2.75) is 34.1 Å². The van der Waals surface area contributed by atoms with Gasteiger partial charge in [-0.2, -0.15) is 0 Å². The van der Waals surface area contributed by atoms with Crippen molar-refractivity contribution in [3.8, 4) is 0 Å². The third-order valence-corrected chi connectivity index (χ3v) is 2.58. The van der Waals surface area contributed by atoms with Crippen LogP contribution in [0.3, 0.4) is 0 Å². The van der Waals surface area contributed by atoms with Crippen LogP contribution in [0.25, 0.3) is 0 Å². The zero-order chi connectivity index (χ0) is 11.4. The average molecular weight is 202 g/mol. The van der Waals surface area contributed by atoms with Gasteiger partial charge < -0.3 is 9.84 Å². The highest BCUT2D eigenvalue weighted by atomic mass is 16.5. The van der Waals surface area contributed by atoms with Crippen LogP contribution in [0.2, 0.25) is 0 Å². The molecule has 0 aliphatic heterocycles. The molecule has 0 fully saturated rings. The lowest BCUT2D eigenvalue weighted by atomic mass is 9.76. The SMILES string of the molecule is CCOC(=O)CC(C)(C(=O)O)C(C)C. The molecule has 14 heavy (non-hydrogen) atoms. The monoisotopic (exact) mass is 202 g/mol. The maximum absolute atomic E-state index is 11.2. The molecule has 0 saturated carbocycles. The normalized spacial score (nSPS) is 14.9. The molecule has 0 rings (SSSR count). The van der Waals surface area contributed by atoms with Gasteiger partial charge in [0, 0.05) is 0 Å². The van der Waals surface area contributed by atoms with Gasteiger partial charge in [-0.15, -0.1) is 0 Å². The molecule has 82 valence electrons. The highest BCUT2D eigenvalue weighted by Gasteiger charge is 2.39. The molecule has 1 unspecified atom stereocenters. The summed E-state index contributed by atoms with van der Waals surface area (Å²) in [6.45, 7) is 7.12. The minimum atomic E-state index is -1.04. The molecule has 0 bridgehead atoms. The van der Waals surface area contributed by atoms with Gasteiger partial charge in [0.2, 0.25) is 0 Å². The molecule has 0 aromatic rings. The van der Waals surface area contributed by atoms with E-state index in [4.69, 9.17) is 9.84 Å². The predicted octanol–water partition coefficient (Wildman–Crippen LogP) is 1.69. The summed E-state index contributed by atoms with van der Waals surface area (Å²) in [5.41, 5.74) is -1.04. The number of carbonyl (C=O) groups is 2. The number of ether oxygens (including phenoxy) is 1. The quantitative estimate of drug-likeness (QED) is 0.689. The lowest BCUT2D eigenvalue weighted by molar-refractivity contribution is -0.159. The molecule has 0 aliphatic rings. The molecule has 0 saturated heterocycles. The summed E-state index contributed by atoms with van der Waals surface area (Å²) >= 11 is 0. The van der Waals surface area contributed by atoms with Gasteiger partial charge in [-0.25, -0.2) is 0 Å². The Labute approximate surface area is 84.3 Å². The summed E-state index contributed by atoms with van der Waals surface area (Å²) in [6.07, 6.45) is -0.0756. The van der Waals surface area contributed by atoms with Crippen molar-refractivity contribution >= 4 is 11.9 Å². The first-order chi connectivity index (χ1) is 6.34. The van der Waals surface area contributed by atoms with Gasteiger partial charge in [-0.05, 0) is 19.8 Å². The van der Waals surface area contributed by atoms with Crippen LogP contribution in [0.5, 0.6) is 0 Å². The number of carboxylic acids is 1. The first-order valence-corrected chi connectivity index (χ1v) is 4.73. The Balaban J connectivity index is 4.54. The van der Waals surface area contributed by atoms with Crippen molar-refractivity contribution in [3.05, 3.63) is 0 Å². The van der Waals surface area contributed by atoms with Gasteiger partial charge in [-0.3, -0.25) is 9.59 Å². The lowest BCUT2D eigenvalue weighted by Gasteiger charge is -2.27. The standard InChI is InChI=1S/C10H18O4/c1-5-14-8(11)6-10(4,7(2)3)9(12)13/h7H,5-6H2,1-4H3,(H,12,13). The maximum atomic E-state index is 11.2. The van der Waals surface area contributed by atoms with Gasteiger partial charge in [-0.1, -0.05) is 13.8 Å². The van der Waals surface area contributed by atoms with E-state index < -0.39 is 17.4 Å². The smallest absolute Gasteiger partial charge is 0.310 e. The van der Waals surface area contributed by atoms with Crippen LogP contribution in [0.1, 0.15) is 34.1 Å². The molecule has 0 aliphatic carbocycles. The molecule has 1 N–H and O–H groups in total. The summed E-state index contributed by atoms with van der Waals surface area (Å²) in [4.78, 5) is 22.2. The number of esters is 1. The van der Waals surface area contributed by atoms with E-state index in [2.05, 4.69) is 0 Å². The van der Waals surface area contributed by atoms with Gasteiger partial charge in [0.1, 0.15) is 0 Å². The number of hydrogen-bond acceptors (Lipinski definition) is 3. The fourth-order valence-electron chi connectivity index (χ4n) is 1.04. The van der Waals surface area contributed by atoms with Gasteiger partial charge in [0.15, 0.2) is 0 Å². The van der Waals surface area contributed by atoms with Crippen LogP contribution < -0.4 is 0 Å². The Morgan fingerprint density at radius 2 is 1.93 bits per heavy atom. The van der Waals surface area contributed by atoms with Crippen LogP contribution >= 0.6 is 0 Å². The summed E-state index contributed by atoms with van der Waals surface area (Å²) in [5, 5.41) is 9.01. The van der Waals surface area contributed by atoms with E-state index in [0.717, 1.165) is 0 Å². The van der Waals surface area contributed by atoms with Crippen molar-refractivity contribution in [1.29, 1.82) is 0 Å². The van der Waals surface area contributed by atoms with Crippen molar-refractivity contribution in [2.24, 2.45) is 11.3 Å². The molecular formula is C10H18O4. The Hall–Kier alpha value is -1.06. The minimum Gasteiger partial charge on any atom is -0.481 e. The minimum absolute atomic E-state index is 0.0756. The second-order valence-corrected chi connectivity index (χ2v) is 3.86. The molecule has 4 nitrogen and oxygen atoms in total. The second kappa shape index (κ2) is 4.98. The van der Waals surface area contributed by atoms with Crippen molar-refractivity contribution < 1.29 is 19.4 Å². The van der Waals surface area contributed by atoms with Gasteiger partial charge in [0.25, 0.3) is 0 Å². The van der Waals surface area contributed by atoms with E-state index in [1.165, 1.54) is 0 Å². The zero-order valence-electron chi connectivity index (χ0n) is 9.16. The number of carboxylic acid groups (broad SMARTS) is 1. The van der Waals surface area contributed by atoms with E-state index in [9.17, 15) is 9.59 Å². The third kappa shape index (κ3) is 3.01. The highest BCUT2D eigenvalue weighted by Crippen LogP contribution is 2.31. The van der Waals surface area contributed by atoms with E-state index in [1.807, 2.05) is 0 Å². The van der Waals surface area contributed by atoms with Crippen LogP contribution in [-0.4, -0.2) is 23.7 Å². The number of aliphatic carboxylic acids is 1. The van der Waals surface area contributed by atoms with E-state index >= 15 is 0 Å². The molecule has 0 spiro atoms. The van der Waals surface area contributed by atoms with E-state index in [0.29, 0.717) is 0 Å². The van der Waals surface area contributed by atoms with Crippen LogP contribution in [0.15, 0.2) is 0 Å². The molecule has 0 amide bonds. The fourth-order valence-corrected chi connectivity index (χ4v) is 1.04. The highest BCUT2D eigenvalue weighted by molar-refractivity contribution is 5.82. The lowest BCUT2D eigenvalue weighted by Crippen LogP contribution is -2.36. The Morgan fingerprint density at radius 3 is 2.21 bits per heavy atom. The molecule has 0 heterocycles. The van der Waals surface area contributed by atoms with Crippen LogP contribution in [0.4, 0.5) is 0 Å². The van der Waals surface area contributed by atoms with E-state index in [1.54, 1.807) is 27.7 Å². The first-order valence-electron chi connectivity index (χ1n) is 4.73. The summed E-state index contributed by atoms with van der Waals surface area (Å²) in [7, 11) is 0. The Morgan fingerprint density at radius 1 is 1.43 bits per heavy atom. The number of rotatable bonds is 5. The van der Waals surface area contributed by atoms with Crippen LogP contribution in [-0.2, 0) is 14.3 Å². The second-order valence-electron chi connectivity index (χ2n) is 3.86. The number of hydrogen-bond donors (Lipinski definition) is 1. The average Bonchev–Trinajstić information content (AvgIpc) is 2.03. The molecule has 4 heteroatoms. The molecule has 0 aromatic carbocycles. The van der Waals surface area contributed by atoms with Crippen molar-refractivity contribution in [3.63, 3.8) is 0 Å². The van der Waals surface area contributed by atoms with Gasteiger partial charge >= 0.3 is 11.9 Å². The van der Waals surface area contributed by atoms with E-state index in [-0.39, 0.29) is 18.9 Å². The fraction of sp³-hybridized carbons (Fsp3) is 0.800. The third-order valence-electron chi connectivity index (χ3n) is 2.58. The van der Waals surface area contributed by atoms with Crippen molar-refractivity contribution in [1.82, 2.24) is 0 Å². The maximum Gasteiger partial charge on any atom is 0.310 e. The first kappa shape index (κ1) is 12.9. The zero-order valence-corrected chi connectivity index (χ0v) is 9.16. The summed E-state index contributed by atoms with van der Waals surface area (Å²) < 4.78 is 4.74. The van der Waals surface area contributed by atoms with Gasteiger partial charge in [0.05, 0.1) is 18.4 Å². The topological polar surface area (TPSA) is 63.6 Å². The number of carbonyl (C=O) groups excluding carboxylic acids is 1. The molecular weight excluding hydrogens is 184 g/mol. The van der Waals surface area contributed by atoms with Crippen LogP contribution in [0, 0.1) is 11.3 Å². The molecule has 0 radical (unpaired) electrons. The molecule has 0 aromatic heterocycles. The summed E-state index contributed by atoms with van der Waals surface area (Å²) in [5.74, 6) is -1.52. The summed E-state index contributed by atoms with van der Waals surface area (Å²) in [6, 6.07) is 0. The van der Waals surface area contributed by atoms with Crippen molar-refractivity contribution in [2.75, 3.05) is 6.61 Å².